The van der Waals surface area contributed by atoms with Crippen LogP contribution in [0.4, 0.5) is 4.39 Å². The number of nitrogens with one attached hydrogen (secondary N) is 1. The highest BCUT2D eigenvalue weighted by Gasteiger charge is 2.14. The smallest absolute Gasteiger partial charge is 0.123 e. The summed E-state index contributed by atoms with van der Waals surface area (Å²) < 4.78 is 13.4. The summed E-state index contributed by atoms with van der Waals surface area (Å²) >= 11 is 0. The summed E-state index contributed by atoms with van der Waals surface area (Å²) in [5, 5.41) is 3.29. The minimum atomic E-state index is -0.00483. The quantitative estimate of drug-likeness (QED) is 0.719. The van der Waals surface area contributed by atoms with Crippen molar-refractivity contribution in [1.82, 2.24) is 10.2 Å². The maximum absolute atomic E-state index is 13.4. The lowest BCUT2D eigenvalue weighted by molar-refractivity contribution is 0.258. The van der Waals surface area contributed by atoms with Gasteiger partial charge in [0.25, 0.3) is 0 Å². The monoisotopic (exact) mass is 196 g/mol. The van der Waals surface area contributed by atoms with Crippen LogP contribution in [0.3, 0.4) is 0 Å². The summed E-state index contributed by atoms with van der Waals surface area (Å²) in [5.41, 5.74) is 0.887. The third kappa shape index (κ3) is 2.42. The zero-order valence-electron chi connectivity index (χ0n) is 8.43. The average Bonchev–Trinajstić information content (AvgIpc) is 2.23. The van der Waals surface area contributed by atoms with Crippen LogP contribution < -0.4 is 5.32 Å². The number of hydrogen-bond acceptors (Lipinski definition) is 2. The molecule has 0 radical (unpaired) electrons. The molecule has 0 unspecified atom stereocenters. The Balaban J connectivity index is 1.89. The van der Waals surface area contributed by atoms with Gasteiger partial charge in [0.05, 0.1) is 0 Å². The van der Waals surface area contributed by atoms with Gasteiger partial charge in [-0.05, 0) is 24.5 Å². The van der Waals surface area contributed by atoms with Gasteiger partial charge in [0.1, 0.15) is 5.83 Å². The maximum atomic E-state index is 13.4. The van der Waals surface area contributed by atoms with E-state index in [9.17, 15) is 4.39 Å². The third-order valence-electron chi connectivity index (χ3n) is 2.79. The van der Waals surface area contributed by atoms with Crippen molar-refractivity contribution in [2.45, 2.75) is 12.8 Å². The van der Waals surface area contributed by atoms with E-state index in [0.717, 1.165) is 51.1 Å². The molecule has 1 aliphatic carbocycles. The first kappa shape index (κ1) is 9.87. The molecular formula is C11H17FN2. The minimum absolute atomic E-state index is 0.00483. The molecule has 1 heterocycles. The molecular weight excluding hydrogens is 179 g/mol. The Morgan fingerprint density at radius 2 is 1.93 bits per heavy atom. The normalized spacial score (nSPS) is 24.4. The number of halogens is 1. The van der Waals surface area contributed by atoms with Crippen LogP contribution in [-0.2, 0) is 0 Å². The molecule has 0 aromatic heterocycles. The Morgan fingerprint density at radius 1 is 1.21 bits per heavy atom. The van der Waals surface area contributed by atoms with Crippen molar-refractivity contribution in [3.63, 3.8) is 0 Å². The van der Waals surface area contributed by atoms with E-state index in [2.05, 4.69) is 10.2 Å². The Hall–Kier alpha value is -0.670. The van der Waals surface area contributed by atoms with Gasteiger partial charge in [0, 0.05) is 32.7 Å². The van der Waals surface area contributed by atoms with Crippen molar-refractivity contribution in [3.05, 3.63) is 23.6 Å². The van der Waals surface area contributed by atoms with Crippen LogP contribution in [0.25, 0.3) is 0 Å². The zero-order chi connectivity index (χ0) is 9.80. The molecule has 0 atom stereocenters. The highest BCUT2D eigenvalue weighted by Crippen LogP contribution is 2.20. The Morgan fingerprint density at radius 3 is 2.64 bits per heavy atom. The second kappa shape index (κ2) is 4.71. The van der Waals surface area contributed by atoms with E-state index < -0.39 is 0 Å². The first-order chi connectivity index (χ1) is 6.86. The Bertz CT molecular complexity index is 252. The lowest BCUT2D eigenvalue weighted by atomic mass is 10.1. The van der Waals surface area contributed by atoms with E-state index in [-0.39, 0.29) is 5.83 Å². The summed E-state index contributed by atoms with van der Waals surface area (Å²) in [6.07, 6.45) is 5.60. The highest BCUT2D eigenvalue weighted by molar-refractivity contribution is 5.29. The molecule has 2 nitrogen and oxygen atoms in total. The van der Waals surface area contributed by atoms with Crippen molar-refractivity contribution in [2.24, 2.45) is 0 Å². The van der Waals surface area contributed by atoms with Crippen molar-refractivity contribution in [3.8, 4) is 0 Å². The van der Waals surface area contributed by atoms with Gasteiger partial charge >= 0.3 is 0 Å². The van der Waals surface area contributed by atoms with Gasteiger partial charge in [-0.2, -0.15) is 0 Å². The van der Waals surface area contributed by atoms with Gasteiger partial charge in [0.15, 0.2) is 0 Å². The van der Waals surface area contributed by atoms with Crippen LogP contribution in [0.15, 0.2) is 23.6 Å². The summed E-state index contributed by atoms with van der Waals surface area (Å²) in [7, 11) is 0. The van der Waals surface area contributed by atoms with Gasteiger partial charge in [-0.3, -0.25) is 4.90 Å². The fraction of sp³-hybridized carbons (Fsp3) is 0.636. The third-order valence-corrected chi connectivity index (χ3v) is 2.79. The summed E-state index contributed by atoms with van der Waals surface area (Å²) in [6, 6.07) is 0. The molecule has 0 aromatic carbocycles. The fourth-order valence-corrected chi connectivity index (χ4v) is 1.95. The summed E-state index contributed by atoms with van der Waals surface area (Å²) in [5.74, 6) is -0.00483. The SMILES string of the molecule is FC1=CCCC=C1CN1CCNCC1. The number of piperazine rings is 1. The van der Waals surface area contributed by atoms with Gasteiger partial charge in [-0.25, -0.2) is 4.39 Å². The number of allylic oxidation sites excluding steroid dienone is 2. The molecule has 0 bridgehead atoms. The van der Waals surface area contributed by atoms with E-state index in [1.165, 1.54) is 0 Å². The molecule has 0 spiro atoms. The van der Waals surface area contributed by atoms with Crippen molar-refractivity contribution < 1.29 is 4.39 Å². The minimum Gasteiger partial charge on any atom is -0.314 e. The number of rotatable bonds is 2. The van der Waals surface area contributed by atoms with Crippen molar-refractivity contribution in [1.29, 1.82) is 0 Å². The molecule has 2 rings (SSSR count). The van der Waals surface area contributed by atoms with Crippen molar-refractivity contribution >= 4 is 0 Å². The molecule has 14 heavy (non-hydrogen) atoms. The fourth-order valence-electron chi connectivity index (χ4n) is 1.95. The van der Waals surface area contributed by atoms with Gasteiger partial charge in [-0.15, -0.1) is 0 Å². The van der Waals surface area contributed by atoms with Crippen LogP contribution in [-0.4, -0.2) is 37.6 Å². The van der Waals surface area contributed by atoms with Crippen molar-refractivity contribution in [2.75, 3.05) is 32.7 Å². The van der Waals surface area contributed by atoms with Gasteiger partial charge < -0.3 is 5.32 Å². The van der Waals surface area contributed by atoms with Crippen LogP contribution in [0.2, 0.25) is 0 Å². The lowest BCUT2D eigenvalue weighted by Crippen LogP contribution is -2.44. The molecule has 1 aliphatic heterocycles. The van der Waals surface area contributed by atoms with E-state index in [1.54, 1.807) is 6.08 Å². The standard InChI is InChI=1S/C11H17FN2/c12-11-4-2-1-3-10(11)9-14-7-5-13-6-8-14/h3-4,13H,1-2,5-9H2. The molecule has 78 valence electrons. The van der Waals surface area contributed by atoms with E-state index in [4.69, 9.17) is 0 Å². The Labute approximate surface area is 84.5 Å². The summed E-state index contributed by atoms with van der Waals surface area (Å²) in [4.78, 5) is 2.31. The number of nitrogens with zero attached hydrogens (tertiary/aromatic N) is 1. The van der Waals surface area contributed by atoms with E-state index >= 15 is 0 Å². The highest BCUT2D eigenvalue weighted by atomic mass is 19.1. The van der Waals surface area contributed by atoms with E-state index in [1.807, 2.05) is 6.08 Å². The van der Waals surface area contributed by atoms with E-state index in [0.29, 0.717) is 0 Å². The van der Waals surface area contributed by atoms with Gasteiger partial charge in [-0.1, -0.05) is 6.08 Å². The number of hydrogen-bond donors (Lipinski definition) is 1. The second-order valence-corrected chi connectivity index (χ2v) is 3.88. The molecule has 3 heteroatoms. The average molecular weight is 196 g/mol. The molecule has 0 saturated carbocycles. The zero-order valence-corrected chi connectivity index (χ0v) is 8.43. The summed E-state index contributed by atoms with van der Waals surface area (Å²) in [6.45, 7) is 4.90. The molecule has 1 saturated heterocycles. The largest absolute Gasteiger partial charge is 0.314 e. The van der Waals surface area contributed by atoms with Gasteiger partial charge in [0.2, 0.25) is 0 Å². The topological polar surface area (TPSA) is 15.3 Å². The Kier molecular flexibility index (Phi) is 3.32. The van der Waals surface area contributed by atoms with Crippen LogP contribution in [0.1, 0.15) is 12.8 Å². The predicted molar refractivity (Wildman–Crippen MR) is 55.8 cm³/mol. The predicted octanol–water partition coefficient (Wildman–Crippen LogP) is 1.47. The molecule has 1 fully saturated rings. The molecule has 0 amide bonds. The molecule has 2 aliphatic rings. The van der Waals surface area contributed by atoms with Crippen LogP contribution >= 0.6 is 0 Å². The van der Waals surface area contributed by atoms with Crippen LogP contribution in [0.5, 0.6) is 0 Å². The lowest BCUT2D eigenvalue weighted by Gasteiger charge is -2.28. The first-order valence-corrected chi connectivity index (χ1v) is 5.34. The van der Waals surface area contributed by atoms with Crippen LogP contribution in [0, 0.1) is 0 Å². The second-order valence-electron chi connectivity index (χ2n) is 3.88. The maximum Gasteiger partial charge on any atom is 0.123 e. The first-order valence-electron chi connectivity index (χ1n) is 5.34. The molecule has 1 N–H and O–H groups in total. The molecule has 0 aromatic rings.